The number of hydrogen-bond acceptors (Lipinski definition) is 4. The zero-order valence-corrected chi connectivity index (χ0v) is 9.65. The van der Waals surface area contributed by atoms with E-state index < -0.39 is 0 Å². The van der Waals surface area contributed by atoms with E-state index in [1.807, 2.05) is 0 Å². The van der Waals surface area contributed by atoms with Crippen molar-refractivity contribution >= 4 is 5.69 Å². The van der Waals surface area contributed by atoms with Gasteiger partial charge in [0.15, 0.2) is 0 Å². The van der Waals surface area contributed by atoms with Gasteiger partial charge in [-0.15, -0.1) is 0 Å². The molecule has 0 saturated heterocycles. The maximum absolute atomic E-state index is 11.4. The molecule has 1 aromatic carbocycles. The van der Waals surface area contributed by atoms with Crippen LogP contribution < -0.4 is 16.0 Å². The van der Waals surface area contributed by atoms with Crippen molar-refractivity contribution in [2.75, 3.05) is 12.8 Å². The van der Waals surface area contributed by atoms with Crippen molar-refractivity contribution in [3.63, 3.8) is 0 Å². The molecule has 0 unspecified atom stereocenters. The van der Waals surface area contributed by atoms with E-state index in [9.17, 15) is 4.79 Å². The van der Waals surface area contributed by atoms with Crippen molar-refractivity contribution in [1.82, 2.24) is 9.97 Å². The van der Waals surface area contributed by atoms with Gasteiger partial charge in [0.25, 0.3) is 5.56 Å². The molecule has 0 bridgehead atoms. The number of benzene rings is 1. The number of rotatable bonds is 2. The predicted octanol–water partition coefficient (Wildman–Crippen LogP) is 1.34. The van der Waals surface area contributed by atoms with Crippen molar-refractivity contribution in [1.29, 1.82) is 0 Å². The van der Waals surface area contributed by atoms with Gasteiger partial charge in [-0.3, -0.25) is 4.79 Å². The molecule has 3 N–H and O–H groups in total. The molecule has 17 heavy (non-hydrogen) atoms. The lowest BCUT2D eigenvalue weighted by Crippen LogP contribution is -2.08. The van der Waals surface area contributed by atoms with Crippen molar-refractivity contribution in [3.8, 4) is 17.0 Å². The normalized spacial score (nSPS) is 10.2. The molecule has 0 atom stereocenters. The lowest BCUT2D eigenvalue weighted by atomic mass is 10.1. The van der Waals surface area contributed by atoms with Crippen LogP contribution in [0.15, 0.2) is 29.1 Å². The molecule has 5 heteroatoms. The van der Waals surface area contributed by atoms with Crippen molar-refractivity contribution in [2.24, 2.45) is 0 Å². The number of nitrogens with zero attached hydrogens (tertiary/aromatic N) is 1. The number of hydrogen-bond donors (Lipinski definition) is 2. The zero-order chi connectivity index (χ0) is 12.4. The van der Waals surface area contributed by atoms with Crippen LogP contribution in [0.4, 0.5) is 5.69 Å². The molecule has 2 rings (SSSR count). The fraction of sp³-hybridized carbons (Fsp3) is 0.167. The Balaban J connectivity index is 2.63. The summed E-state index contributed by atoms with van der Waals surface area (Å²) < 4.78 is 5.23. The number of methoxy groups -OCH3 is 1. The highest BCUT2D eigenvalue weighted by molar-refractivity contribution is 5.70. The fourth-order valence-corrected chi connectivity index (χ4v) is 1.64. The van der Waals surface area contributed by atoms with Crippen LogP contribution in [0.3, 0.4) is 0 Å². The highest BCUT2D eigenvalue weighted by Crippen LogP contribution is 2.29. The minimum atomic E-state index is -0.189. The molecule has 0 aliphatic rings. The van der Waals surface area contributed by atoms with Gasteiger partial charge in [0.05, 0.1) is 12.8 Å². The fourth-order valence-electron chi connectivity index (χ4n) is 1.64. The molecule has 0 fully saturated rings. The van der Waals surface area contributed by atoms with E-state index in [1.165, 1.54) is 6.07 Å². The molecule has 1 aromatic heterocycles. The predicted molar refractivity (Wildman–Crippen MR) is 66.0 cm³/mol. The third kappa shape index (κ3) is 2.28. The smallest absolute Gasteiger partial charge is 0.251 e. The number of nitrogen functional groups attached to an aromatic ring is 1. The summed E-state index contributed by atoms with van der Waals surface area (Å²) in [6.07, 6.45) is 0. The van der Waals surface area contributed by atoms with E-state index in [0.29, 0.717) is 23.0 Å². The number of aryl methyl sites for hydroxylation is 1. The van der Waals surface area contributed by atoms with Crippen molar-refractivity contribution < 1.29 is 4.74 Å². The number of ether oxygens (including phenoxy) is 1. The summed E-state index contributed by atoms with van der Waals surface area (Å²) in [7, 11) is 1.55. The SMILES string of the molecule is COc1cc(N)ccc1-c1cc(=O)[nH]c(C)n1. The molecule has 2 aromatic rings. The molecular weight excluding hydrogens is 218 g/mol. The molecule has 0 aliphatic heterocycles. The monoisotopic (exact) mass is 231 g/mol. The zero-order valence-electron chi connectivity index (χ0n) is 9.65. The second kappa shape index (κ2) is 4.29. The van der Waals surface area contributed by atoms with Crippen LogP contribution in [0.2, 0.25) is 0 Å². The van der Waals surface area contributed by atoms with Crippen LogP contribution in [0.1, 0.15) is 5.82 Å². The second-order valence-corrected chi connectivity index (χ2v) is 3.68. The summed E-state index contributed by atoms with van der Waals surface area (Å²) in [6.45, 7) is 1.73. The summed E-state index contributed by atoms with van der Waals surface area (Å²) in [4.78, 5) is 18.3. The molecule has 1 heterocycles. The Kier molecular flexibility index (Phi) is 2.82. The van der Waals surface area contributed by atoms with Crippen LogP contribution in [0, 0.1) is 6.92 Å². The molecule has 88 valence electrons. The number of H-pyrrole nitrogens is 1. The Morgan fingerprint density at radius 2 is 2.12 bits per heavy atom. The van der Waals surface area contributed by atoms with Crippen LogP contribution in [-0.2, 0) is 0 Å². The Morgan fingerprint density at radius 1 is 1.35 bits per heavy atom. The Morgan fingerprint density at radius 3 is 2.76 bits per heavy atom. The van der Waals surface area contributed by atoms with Crippen molar-refractivity contribution in [2.45, 2.75) is 6.92 Å². The molecule has 0 aliphatic carbocycles. The summed E-state index contributed by atoms with van der Waals surface area (Å²) in [6, 6.07) is 6.67. The average Bonchev–Trinajstić information content (AvgIpc) is 2.27. The highest BCUT2D eigenvalue weighted by Gasteiger charge is 2.08. The number of nitrogens with two attached hydrogens (primary N) is 1. The van der Waals surface area contributed by atoms with E-state index in [2.05, 4.69) is 9.97 Å². The Labute approximate surface area is 98.3 Å². The first-order chi connectivity index (χ1) is 8.10. The van der Waals surface area contributed by atoms with Gasteiger partial charge in [0.2, 0.25) is 0 Å². The minimum absolute atomic E-state index is 0.189. The van der Waals surface area contributed by atoms with Gasteiger partial charge in [0, 0.05) is 23.4 Å². The molecule has 5 nitrogen and oxygen atoms in total. The molecule has 0 saturated carbocycles. The van der Waals surface area contributed by atoms with Crippen molar-refractivity contribution in [3.05, 3.63) is 40.4 Å². The summed E-state index contributed by atoms with van der Waals surface area (Å²) in [5.41, 5.74) is 7.41. The maximum Gasteiger partial charge on any atom is 0.251 e. The lowest BCUT2D eigenvalue weighted by Gasteiger charge is -2.08. The number of aromatic amines is 1. The summed E-state index contributed by atoms with van der Waals surface area (Å²) >= 11 is 0. The maximum atomic E-state index is 11.4. The largest absolute Gasteiger partial charge is 0.496 e. The average molecular weight is 231 g/mol. The number of anilines is 1. The number of aromatic nitrogens is 2. The highest BCUT2D eigenvalue weighted by atomic mass is 16.5. The van der Waals surface area contributed by atoms with Crippen LogP contribution >= 0.6 is 0 Å². The minimum Gasteiger partial charge on any atom is -0.496 e. The first kappa shape index (κ1) is 11.2. The topological polar surface area (TPSA) is 81.0 Å². The first-order valence-electron chi connectivity index (χ1n) is 5.12. The Hall–Kier alpha value is -2.30. The third-order valence-electron chi connectivity index (χ3n) is 2.36. The van der Waals surface area contributed by atoms with E-state index in [0.717, 1.165) is 5.56 Å². The van der Waals surface area contributed by atoms with E-state index in [-0.39, 0.29) is 5.56 Å². The second-order valence-electron chi connectivity index (χ2n) is 3.68. The van der Waals surface area contributed by atoms with Crippen LogP contribution in [0.5, 0.6) is 5.75 Å². The van der Waals surface area contributed by atoms with E-state index >= 15 is 0 Å². The molecule has 0 amide bonds. The van der Waals surface area contributed by atoms with Crippen LogP contribution in [-0.4, -0.2) is 17.1 Å². The Bertz CT molecular complexity index is 605. The van der Waals surface area contributed by atoms with Gasteiger partial charge in [-0.1, -0.05) is 0 Å². The van der Waals surface area contributed by atoms with E-state index in [1.54, 1.807) is 32.2 Å². The van der Waals surface area contributed by atoms with Gasteiger partial charge < -0.3 is 15.5 Å². The van der Waals surface area contributed by atoms with Gasteiger partial charge >= 0.3 is 0 Å². The van der Waals surface area contributed by atoms with Gasteiger partial charge in [-0.05, 0) is 19.1 Å². The third-order valence-corrected chi connectivity index (χ3v) is 2.36. The first-order valence-corrected chi connectivity index (χ1v) is 5.12. The molecule has 0 spiro atoms. The van der Waals surface area contributed by atoms with Gasteiger partial charge in [-0.25, -0.2) is 4.98 Å². The summed E-state index contributed by atoms with van der Waals surface area (Å²) in [5, 5.41) is 0. The lowest BCUT2D eigenvalue weighted by molar-refractivity contribution is 0.416. The quantitative estimate of drug-likeness (QED) is 0.764. The molecular formula is C12H13N3O2. The van der Waals surface area contributed by atoms with Gasteiger partial charge in [0.1, 0.15) is 11.6 Å². The van der Waals surface area contributed by atoms with Gasteiger partial charge in [-0.2, -0.15) is 0 Å². The molecule has 0 radical (unpaired) electrons. The summed E-state index contributed by atoms with van der Waals surface area (Å²) in [5.74, 6) is 1.16. The standard InChI is InChI=1S/C12H13N3O2/c1-7-14-10(6-12(16)15-7)9-4-3-8(13)5-11(9)17-2/h3-6H,13H2,1-2H3,(H,14,15,16). The van der Waals surface area contributed by atoms with E-state index in [4.69, 9.17) is 10.5 Å². The number of nitrogens with one attached hydrogen (secondary N) is 1. The van der Waals surface area contributed by atoms with Crippen LogP contribution in [0.25, 0.3) is 11.3 Å².